The number of aliphatic hydroxyl groups is 1. The highest BCUT2D eigenvalue weighted by Crippen LogP contribution is 2.39. The summed E-state index contributed by atoms with van der Waals surface area (Å²) in [4.78, 5) is 0. The third-order valence-electron chi connectivity index (χ3n) is 3.23. The molecule has 0 spiro atoms. The molecule has 4 nitrogen and oxygen atoms in total. The summed E-state index contributed by atoms with van der Waals surface area (Å²) in [5, 5.41) is 12.1. The molecule has 102 valence electrons. The molecule has 3 N–H and O–H groups in total. The fourth-order valence-electron chi connectivity index (χ4n) is 2.24. The predicted octanol–water partition coefficient (Wildman–Crippen LogP) is 2.24. The van der Waals surface area contributed by atoms with Gasteiger partial charge in [-0.05, 0) is 13.0 Å². The van der Waals surface area contributed by atoms with Crippen molar-refractivity contribution in [1.29, 1.82) is 0 Å². The minimum atomic E-state index is -0.798. The third-order valence-corrected chi connectivity index (χ3v) is 3.23. The highest BCUT2D eigenvalue weighted by atomic mass is 16.5. The van der Waals surface area contributed by atoms with Crippen molar-refractivity contribution in [3.05, 3.63) is 35.9 Å². The van der Waals surface area contributed by atoms with Gasteiger partial charge in [0.25, 0.3) is 0 Å². The molecule has 0 unspecified atom stereocenters. The van der Waals surface area contributed by atoms with Gasteiger partial charge < -0.3 is 20.3 Å². The number of hydrogen-bond donors (Lipinski definition) is 2. The second-order valence-corrected chi connectivity index (χ2v) is 4.55. The Morgan fingerprint density at radius 3 is 2.26 bits per heavy atom. The van der Waals surface area contributed by atoms with E-state index in [-0.39, 0.29) is 6.04 Å². The first kappa shape index (κ1) is 13.6. The maximum Gasteiger partial charge on any atom is 0.132 e. The second kappa shape index (κ2) is 5.47. The maximum atomic E-state index is 10.2. The summed E-state index contributed by atoms with van der Waals surface area (Å²) in [5.74, 6) is 1.34. The Bertz CT molecular complexity index is 581. The van der Waals surface area contributed by atoms with Crippen molar-refractivity contribution in [3.8, 4) is 11.5 Å². The third kappa shape index (κ3) is 2.37. The van der Waals surface area contributed by atoms with Crippen molar-refractivity contribution >= 4 is 10.8 Å². The predicted molar refractivity (Wildman–Crippen MR) is 75.7 cm³/mol. The van der Waals surface area contributed by atoms with Crippen LogP contribution in [-0.4, -0.2) is 25.4 Å². The zero-order chi connectivity index (χ0) is 14.0. The van der Waals surface area contributed by atoms with E-state index in [0.29, 0.717) is 17.1 Å². The summed E-state index contributed by atoms with van der Waals surface area (Å²) in [5.41, 5.74) is 6.43. The summed E-state index contributed by atoms with van der Waals surface area (Å²) >= 11 is 0. The number of benzene rings is 2. The van der Waals surface area contributed by atoms with E-state index in [1.165, 1.54) is 0 Å². The molecule has 19 heavy (non-hydrogen) atoms. The Balaban J connectivity index is 2.77. The number of ether oxygens (including phenoxy) is 2. The molecule has 0 saturated carbocycles. The molecular weight excluding hydrogens is 242 g/mol. The number of fused-ring (bicyclic) bond motifs is 1. The maximum absolute atomic E-state index is 10.2. The summed E-state index contributed by atoms with van der Waals surface area (Å²) in [6, 6.07) is 9.15. The molecule has 0 aliphatic carbocycles. The van der Waals surface area contributed by atoms with Gasteiger partial charge >= 0.3 is 0 Å². The lowest BCUT2D eigenvalue weighted by Gasteiger charge is -2.21. The van der Waals surface area contributed by atoms with E-state index in [1.807, 2.05) is 24.3 Å². The Labute approximate surface area is 112 Å². The van der Waals surface area contributed by atoms with Crippen molar-refractivity contribution < 1.29 is 14.6 Å². The first-order valence-electron chi connectivity index (χ1n) is 6.17. The minimum absolute atomic E-state index is 0.389. The van der Waals surface area contributed by atoms with Crippen LogP contribution in [0.4, 0.5) is 0 Å². The van der Waals surface area contributed by atoms with E-state index in [4.69, 9.17) is 15.2 Å². The molecule has 2 atom stereocenters. The van der Waals surface area contributed by atoms with Gasteiger partial charge in [0.2, 0.25) is 0 Å². The molecule has 0 fully saturated rings. The zero-order valence-corrected chi connectivity index (χ0v) is 11.4. The standard InChI is InChI=1S/C15H19NO3/c1-9(16)14(17)12-8-13(18-2)10-6-4-5-7-11(10)15(12)19-3/h4-9,14,17H,16H2,1-3H3/t9-,14-/m1/s1. The first-order chi connectivity index (χ1) is 9.10. The van der Waals surface area contributed by atoms with Gasteiger partial charge in [0.15, 0.2) is 0 Å². The van der Waals surface area contributed by atoms with E-state index < -0.39 is 6.10 Å². The van der Waals surface area contributed by atoms with Crippen LogP contribution in [0.3, 0.4) is 0 Å². The smallest absolute Gasteiger partial charge is 0.132 e. The summed E-state index contributed by atoms with van der Waals surface area (Å²) in [6.07, 6.45) is -0.798. The number of nitrogens with two attached hydrogens (primary N) is 1. The van der Waals surface area contributed by atoms with E-state index in [1.54, 1.807) is 27.2 Å². The van der Waals surface area contributed by atoms with Gasteiger partial charge in [0, 0.05) is 22.4 Å². The molecule has 0 saturated heterocycles. The van der Waals surface area contributed by atoms with Gasteiger partial charge in [-0.1, -0.05) is 24.3 Å². The van der Waals surface area contributed by atoms with Crippen molar-refractivity contribution in [2.45, 2.75) is 19.1 Å². The molecule has 2 aromatic carbocycles. The van der Waals surface area contributed by atoms with Crippen LogP contribution in [0.25, 0.3) is 10.8 Å². The van der Waals surface area contributed by atoms with Gasteiger partial charge in [-0.2, -0.15) is 0 Å². The van der Waals surface area contributed by atoms with Crippen molar-refractivity contribution in [3.63, 3.8) is 0 Å². The van der Waals surface area contributed by atoms with Gasteiger partial charge in [0.05, 0.1) is 20.3 Å². The van der Waals surface area contributed by atoms with E-state index in [2.05, 4.69) is 0 Å². The zero-order valence-electron chi connectivity index (χ0n) is 11.4. The molecule has 0 heterocycles. The number of rotatable bonds is 4. The molecule has 2 aromatic rings. The van der Waals surface area contributed by atoms with Gasteiger partial charge in [-0.3, -0.25) is 0 Å². The average molecular weight is 261 g/mol. The lowest BCUT2D eigenvalue weighted by Crippen LogP contribution is -2.24. The molecule has 0 bridgehead atoms. The average Bonchev–Trinajstić information content (AvgIpc) is 2.44. The van der Waals surface area contributed by atoms with E-state index in [0.717, 1.165) is 10.8 Å². The highest BCUT2D eigenvalue weighted by Gasteiger charge is 2.21. The van der Waals surface area contributed by atoms with Crippen LogP contribution in [0.15, 0.2) is 30.3 Å². The van der Waals surface area contributed by atoms with Crippen LogP contribution in [0.1, 0.15) is 18.6 Å². The summed E-state index contributed by atoms with van der Waals surface area (Å²) in [6.45, 7) is 1.76. The molecule has 0 aliphatic heterocycles. The normalized spacial score (nSPS) is 14.2. The SMILES string of the molecule is COc1cc([C@H](O)[C@@H](C)N)c(OC)c2ccccc12. The molecule has 0 aliphatic rings. The van der Waals surface area contributed by atoms with Crippen LogP contribution in [-0.2, 0) is 0 Å². The van der Waals surface area contributed by atoms with Gasteiger partial charge in [-0.15, -0.1) is 0 Å². The van der Waals surface area contributed by atoms with Crippen LogP contribution in [0, 0.1) is 0 Å². The molecule has 0 amide bonds. The Morgan fingerprint density at radius 2 is 1.74 bits per heavy atom. The quantitative estimate of drug-likeness (QED) is 0.886. The van der Waals surface area contributed by atoms with Crippen LogP contribution < -0.4 is 15.2 Å². The van der Waals surface area contributed by atoms with E-state index >= 15 is 0 Å². The molecule has 0 radical (unpaired) electrons. The molecule has 2 rings (SSSR count). The first-order valence-corrected chi connectivity index (χ1v) is 6.17. The Morgan fingerprint density at radius 1 is 1.11 bits per heavy atom. The Hall–Kier alpha value is -1.78. The monoisotopic (exact) mass is 261 g/mol. The number of hydrogen-bond acceptors (Lipinski definition) is 4. The fourth-order valence-corrected chi connectivity index (χ4v) is 2.24. The summed E-state index contributed by atoms with van der Waals surface area (Å²) in [7, 11) is 3.20. The fraction of sp³-hybridized carbons (Fsp3) is 0.333. The van der Waals surface area contributed by atoms with Gasteiger partial charge in [-0.25, -0.2) is 0 Å². The van der Waals surface area contributed by atoms with Crippen molar-refractivity contribution in [2.24, 2.45) is 5.73 Å². The summed E-state index contributed by atoms with van der Waals surface area (Å²) < 4.78 is 10.8. The van der Waals surface area contributed by atoms with Gasteiger partial charge in [0.1, 0.15) is 11.5 Å². The molecular formula is C15H19NO3. The number of methoxy groups -OCH3 is 2. The topological polar surface area (TPSA) is 64.7 Å². The lowest BCUT2D eigenvalue weighted by atomic mass is 9.97. The molecule has 0 aromatic heterocycles. The van der Waals surface area contributed by atoms with Crippen molar-refractivity contribution in [2.75, 3.05) is 14.2 Å². The second-order valence-electron chi connectivity index (χ2n) is 4.55. The largest absolute Gasteiger partial charge is 0.496 e. The minimum Gasteiger partial charge on any atom is -0.496 e. The molecule has 4 heteroatoms. The van der Waals surface area contributed by atoms with E-state index in [9.17, 15) is 5.11 Å². The Kier molecular flexibility index (Phi) is 3.93. The highest BCUT2D eigenvalue weighted by molar-refractivity contribution is 5.94. The van der Waals surface area contributed by atoms with Crippen LogP contribution in [0.2, 0.25) is 0 Å². The van der Waals surface area contributed by atoms with Crippen molar-refractivity contribution in [1.82, 2.24) is 0 Å². The lowest BCUT2D eigenvalue weighted by molar-refractivity contribution is 0.149. The van der Waals surface area contributed by atoms with Crippen LogP contribution >= 0.6 is 0 Å². The van der Waals surface area contributed by atoms with Crippen LogP contribution in [0.5, 0.6) is 11.5 Å². The number of aliphatic hydroxyl groups excluding tert-OH is 1.